The van der Waals surface area contributed by atoms with E-state index in [1.165, 1.54) is 18.2 Å². The fourth-order valence-corrected chi connectivity index (χ4v) is 1.17. The van der Waals surface area contributed by atoms with E-state index in [0.29, 0.717) is 0 Å². The number of nitrogens with two attached hydrogens (primary N) is 1. The molecule has 1 unspecified atom stereocenters. The molecule has 0 saturated heterocycles. The quantitative estimate of drug-likeness (QED) is 0.677. The Morgan fingerprint density at radius 1 is 1.41 bits per heavy atom. The maximum Gasteiger partial charge on any atom is 0.403 e. The second-order valence-corrected chi connectivity index (χ2v) is 3.28. The van der Waals surface area contributed by atoms with Crippen LogP contribution in [-0.4, -0.2) is 17.1 Å². The molecule has 0 aliphatic heterocycles. The van der Waals surface area contributed by atoms with Crippen LogP contribution in [0.4, 0.5) is 18.9 Å². The Bertz CT molecular complexity index is 398. The van der Waals surface area contributed by atoms with Gasteiger partial charge in [-0.2, -0.15) is 13.2 Å². The maximum atomic E-state index is 12.1. The SMILES string of the molecule is Cl.NC(Cc1cccc([N+](=O)[O-])c1)C(F)(F)F. The van der Waals surface area contributed by atoms with Crippen LogP contribution in [0.3, 0.4) is 0 Å². The van der Waals surface area contributed by atoms with Gasteiger partial charge in [0, 0.05) is 12.1 Å². The van der Waals surface area contributed by atoms with E-state index in [0.717, 1.165) is 6.07 Å². The first kappa shape index (κ1) is 15.7. The molecule has 2 N–H and O–H groups in total. The molecule has 96 valence electrons. The third-order valence-corrected chi connectivity index (χ3v) is 2.00. The number of nitrogens with zero attached hydrogens (tertiary/aromatic N) is 1. The van der Waals surface area contributed by atoms with Crippen molar-refractivity contribution in [2.45, 2.75) is 18.6 Å². The summed E-state index contributed by atoms with van der Waals surface area (Å²) in [4.78, 5) is 9.72. The van der Waals surface area contributed by atoms with Crippen molar-refractivity contribution in [3.05, 3.63) is 39.9 Å². The average Bonchev–Trinajstić information content (AvgIpc) is 2.16. The van der Waals surface area contributed by atoms with Gasteiger partial charge in [-0.25, -0.2) is 0 Å². The van der Waals surface area contributed by atoms with E-state index in [4.69, 9.17) is 5.73 Å². The van der Waals surface area contributed by atoms with E-state index >= 15 is 0 Å². The van der Waals surface area contributed by atoms with Crippen LogP contribution in [0, 0.1) is 10.1 Å². The number of nitro groups is 1. The smallest absolute Gasteiger partial charge is 0.320 e. The number of nitro benzene ring substituents is 1. The highest BCUT2D eigenvalue weighted by Crippen LogP contribution is 2.22. The van der Waals surface area contributed by atoms with Gasteiger partial charge in [0.05, 0.1) is 4.92 Å². The summed E-state index contributed by atoms with van der Waals surface area (Å²) >= 11 is 0. The molecule has 0 amide bonds. The van der Waals surface area contributed by atoms with Gasteiger partial charge in [-0.1, -0.05) is 12.1 Å². The Labute approximate surface area is 101 Å². The van der Waals surface area contributed by atoms with E-state index < -0.39 is 23.6 Å². The number of hydrogen-bond donors (Lipinski definition) is 1. The average molecular weight is 271 g/mol. The molecule has 0 aliphatic rings. The van der Waals surface area contributed by atoms with Gasteiger partial charge >= 0.3 is 6.18 Å². The predicted octanol–water partition coefficient (Wildman–Crippen LogP) is 2.45. The van der Waals surface area contributed by atoms with Crippen molar-refractivity contribution in [3.63, 3.8) is 0 Å². The molecule has 17 heavy (non-hydrogen) atoms. The molecule has 1 aromatic carbocycles. The molecule has 0 radical (unpaired) electrons. The first-order valence-corrected chi connectivity index (χ1v) is 4.36. The van der Waals surface area contributed by atoms with Crippen LogP contribution in [0.25, 0.3) is 0 Å². The van der Waals surface area contributed by atoms with Crippen molar-refractivity contribution < 1.29 is 18.1 Å². The first-order chi connectivity index (χ1) is 7.30. The second kappa shape index (κ2) is 5.83. The Kier molecular flexibility index (Phi) is 5.37. The van der Waals surface area contributed by atoms with Gasteiger partial charge in [0.2, 0.25) is 0 Å². The normalized spacial score (nSPS) is 12.7. The maximum absolute atomic E-state index is 12.1. The van der Waals surface area contributed by atoms with Gasteiger partial charge in [-0.05, 0) is 12.0 Å². The van der Waals surface area contributed by atoms with Crippen molar-refractivity contribution >= 4 is 18.1 Å². The summed E-state index contributed by atoms with van der Waals surface area (Å²) in [6.45, 7) is 0. The molecule has 0 aliphatic carbocycles. The minimum Gasteiger partial charge on any atom is -0.320 e. The molecule has 8 heteroatoms. The zero-order valence-electron chi connectivity index (χ0n) is 8.48. The van der Waals surface area contributed by atoms with Gasteiger partial charge in [0.15, 0.2) is 0 Å². The van der Waals surface area contributed by atoms with Gasteiger partial charge in [-0.3, -0.25) is 10.1 Å². The molecule has 0 bridgehead atoms. The van der Waals surface area contributed by atoms with Crippen LogP contribution in [0.1, 0.15) is 5.56 Å². The van der Waals surface area contributed by atoms with Crippen LogP contribution >= 0.6 is 12.4 Å². The van der Waals surface area contributed by atoms with E-state index in [-0.39, 0.29) is 23.7 Å². The molecule has 0 aromatic heterocycles. The van der Waals surface area contributed by atoms with Crippen molar-refractivity contribution in [1.29, 1.82) is 0 Å². The lowest BCUT2D eigenvalue weighted by molar-refractivity contribution is -0.384. The molecule has 0 fully saturated rings. The lowest BCUT2D eigenvalue weighted by Gasteiger charge is -2.15. The zero-order valence-corrected chi connectivity index (χ0v) is 9.29. The molecule has 0 saturated carbocycles. The van der Waals surface area contributed by atoms with Crippen LogP contribution in [0.5, 0.6) is 0 Å². The molecule has 0 spiro atoms. The molecule has 1 rings (SSSR count). The zero-order chi connectivity index (χ0) is 12.3. The summed E-state index contributed by atoms with van der Waals surface area (Å²) < 4.78 is 36.4. The van der Waals surface area contributed by atoms with Gasteiger partial charge in [0.1, 0.15) is 6.04 Å². The van der Waals surface area contributed by atoms with E-state index in [1.54, 1.807) is 0 Å². The number of halogens is 4. The summed E-state index contributed by atoms with van der Waals surface area (Å²) in [5.41, 5.74) is 4.86. The fourth-order valence-electron chi connectivity index (χ4n) is 1.17. The Morgan fingerprint density at radius 3 is 2.47 bits per heavy atom. The van der Waals surface area contributed by atoms with E-state index in [9.17, 15) is 23.3 Å². The highest BCUT2D eigenvalue weighted by atomic mass is 35.5. The summed E-state index contributed by atoms with van der Waals surface area (Å²) in [6.07, 6.45) is -4.96. The molecule has 1 atom stereocenters. The highest BCUT2D eigenvalue weighted by Gasteiger charge is 2.36. The van der Waals surface area contributed by atoms with Gasteiger partial charge in [-0.15, -0.1) is 12.4 Å². The molecule has 0 heterocycles. The van der Waals surface area contributed by atoms with Crippen molar-refractivity contribution in [2.75, 3.05) is 0 Å². The molecule has 4 nitrogen and oxygen atoms in total. The Balaban J connectivity index is 0.00000256. The Morgan fingerprint density at radius 2 is 2.00 bits per heavy atom. The third-order valence-electron chi connectivity index (χ3n) is 2.00. The summed E-state index contributed by atoms with van der Waals surface area (Å²) in [6, 6.07) is 3.00. The second-order valence-electron chi connectivity index (χ2n) is 3.28. The van der Waals surface area contributed by atoms with Crippen LogP contribution in [0.2, 0.25) is 0 Å². The summed E-state index contributed by atoms with van der Waals surface area (Å²) in [5.74, 6) is 0. The number of benzene rings is 1. The standard InChI is InChI=1S/C9H9F3N2O2.ClH/c10-9(11,12)8(13)5-6-2-1-3-7(4-6)14(15)16;/h1-4,8H,5,13H2;1H. The van der Waals surface area contributed by atoms with Crippen LogP contribution < -0.4 is 5.73 Å². The lowest BCUT2D eigenvalue weighted by Crippen LogP contribution is -2.39. The molecular formula is C9H10ClF3N2O2. The van der Waals surface area contributed by atoms with Crippen molar-refractivity contribution in [2.24, 2.45) is 5.73 Å². The molecular weight excluding hydrogens is 261 g/mol. The van der Waals surface area contributed by atoms with E-state index in [1.807, 2.05) is 0 Å². The number of alkyl halides is 3. The number of hydrogen-bond acceptors (Lipinski definition) is 3. The largest absolute Gasteiger partial charge is 0.403 e. The highest BCUT2D eigenvalue weighted by molar-refractivity contribution is 5.85. The van der Waals surface area contributed by atoms with Crippen molar-refractivity contribution in [1.82, 2.24) is 0 Å². The summed E-state index contributed by atoms with van der Waals surface area (Å²) in [7, 11) is 0. The first-order valence-electron chi connectivity index (χ1n) is 4.36. The third kappa shape index (κ3) is 4.58. The number of non-ortho nitro benzene ring substituents is 1. The van der Waals surface area contributed by atoms with Crippen molar-refractivity contribution in [3.8, 4) is 0 Å². The minimum absolute atomic E-state index is 0. The minimum atomic E-state index is -4.50. The van der Waals surface area contributed by atoms with Gasteiger partial charge < -0.3 is 5.73 Å². The topological polar surface area (TPSA) is 69.2 Å². The van der Waals surface area contributed by atoms with E-state index in [2.05, 4.69) is 0 Å². The van der Waals surface area contributed by atoms with Gasteiger partial charge in [0.25, 0.3) is 5.69 Å². The lowest BCUT2D eigenvalue weighted by atomic mass is 10.1. The fraction of sp³-hybridized carbons (Fsp3) is 0.333. The number of rotatable bonds is 3. The van der Waals surface area contributed by atoms with Crippen LogP contribution in [-0.2, 0) is 6.42 Å². The monoisotopic (exact) mass is 270 g/mol. The Hall–Kier alpha value is -1.34. The van der Waals surface area contributed by atoms with Crippen LogP contribution in [0.15, 0.2) is 24.3 Å². The predicted molar refractivity (Wildman–Crippen MR) is 58.1 cm³/mol. The molecule has 1 aromatic rings. The summed E-state index contributed by atoms with van der Waals surface area (Å²) in [5, 5.41) is 10.4.